The Morgan fingerprint density at radius 1 is 1.35 bits per heavy atom. The van der Waals surface area contributed by atoms with Gasteiger partial charge in [0.25, 0.3) is 0 Å². The molecule has 0 unspecified atom stereocenters. The average molecular weight is 287 g/mol. The van der Waals surface area contributed by atoms with Gasteiger partial charge in [-0.15, -0.1) is 0 Å². The van der Waals surface area contributed by atoms with E-state index in [0.29, 0.717) is 25.1 Å². The number of likely N-dealkylation sites (tertiary alicyclic amines) is 1. The third kappa shape index (κ3) is 3.52. The smallest absolute Gasteiger partial charge is 0.392 e. The van der Waals surface area contributed by atoms with E-state index in [2.05, 4.69) is 0 Å². The SMILES string of the molecule is CC(C)c1ccc(CN2CC[C@@H](O)C2)c(C(F)(F)F)c1. The molecule has 1 saturated heterocycles. The second-order valence-electron chi connectivity index (χ2n) is 5.75. The average Bonchev–Trinajstić information content (AvgIpc) is 2.73. The first-order valence-corrected chi connectivity index (χ1v) is 6.88. The molecule has 0 aliphatic carbocycles. The van der Waals surface area contributed by atoms with Crippen LogP contribution < -0.4 is 0 Å². The molecule has 0 saturated carbocycles. The molecule has 1 aliphatic heterocycles. The second kappa shape index (κ2) is 5.74. The summed E-state index contributed by atoms with van der Waals surface area (Å²) in [6, 6.07) is 4.59. The van der Waals surface area contributed by atoms with Crippen LogP contribution in [0.4, 0.5) is 13.2 Å². The minimum absolute atomic E-state index is 0.0683. The molecule has 0 spiro atoms. The molecular weight excluding hydrogens is 267 g/mol. The highest BCUT2D eigenvalue weighted by molar-refractivity contribution is 5.35. The van der Waals surface area contributed by atoms with Gasteiger partial charge in [0.1, 0.15) is 0 Å². The lowest BCUT2D eigenvalue weighted by Crippen LogP contribution is -2.23. The molecule has 1 aliphatic rings. The maximum Gasteiger partial charge on any atom is 0.416 e. The van der Waals surface area contributed by atoms with E-state index in [9.17, 15) is 18.3 Å². The standard InChI is InChI=1S/C15H20F3NO/c1-10(2)11-3-4-12(14(7-11)15(16,17)18)8-19-6-5-13(20)9-19/h3-4,7,10,13,20H,5-6,8-9H2,1-2H3/t13-/m1/s1. The number of alkyl halides is 3. The van der Waals surface area contributed by atoms with E-state index in [1.165, 1.54) is 6.07 Å². The van der Waals surface area contributed by atoms with Crippen molar-refractivity contribution >= 4 is 0 Å². The third-order valence-corrected chi connectivity index (χ3v) is 3.75. The minimum atomic E-state index is -4.33. The molecule has 0 amide bonds. The van der Waals surface area contributed by atoms with Crippen LogP contribution in [0.2, 0.25) is 0 Å². The summed E-state index contributed by atoms with van der Waals surface area (Å²) in [5.41, 5.74) is 0.434. The van der Waals surface area contributed by atoms with Crippen LogP contribution in [-0.4, -0.2) is 29.2 Å². The van der Waals surface area contributed by atoms with Gasteiger partial charge in [-0.1, -0.05) is 26.0 Å². The molecule has 1 atom stereocenters. The Balaban J connectivity index is 2.27. The zero-order valence-electron chi connectivity index (χ0n) is 11.7. The van der Waals surface area contributed by atoms with E-state index in [1.807, 2.05) is 18.7 Å². The van der Waals surface area contributed by atoms with Crippen molar-refractivity contribution in [2.24, 2.45) is 0 Å². The molecule has 0 bridgehead atoms. The summed E-state index contributed by atoms with van der Waals surface area (Å²) >= 11 is 0. The number of rotatable bonds is 3. The van der Waals surface area contributed by atoms with Gasteiger partial charge in [-0.05, 0) is 29.5 Å². The minimum Gasteiger partial charge on any atom is -0.392 e. The van der Waals surface area contributed by atoms with E-state index >= 15 is 0 Å². The normalized spacial score (nSPS) is 20.9. The van der Waals surface area contributed by atoms with E-state index in [1.54, 1.807) is 12.1 Å². The van der Waals surface area contributed by atoms with Gasteiger partial charge in [-0.2, -0.15) is 13.2 Å². The Hall–Kier alpha value is -1.07. The van der Waals surface area contributed by atoms with Crippen LogP contribution in [0.3, 0.4) is 0 Å². The Kier molecular flexibility index (Phi) is 4.39. The largest absolute Gasteiger partial charge is 0.416 e. The molecule has 0 aromatic heterocycles. The number of halogens is 3. The highest BCUT2D eigenvalue weighted by Crippen LogP contribution is 2.35. The fraction of sp³-hybridized carbons (Fsp3) is 0.600. The fourth-order valence-electron chi connectivity index (χ4n) is 2.55. The Morgan fingerprint density at radius 3 is 2.55 bits per heavy atom. The van der Waals surface area contributed by atoms with Crippen molar-refractivity contribution in [1.29, 1.82) is 0 Å². The van der Waals surface area contributed by atoms with Crippen molar-refractivity contribution in [3.8, 4) is 0 Å². The van der Waals surface area contributed by atoms with Gasteiger partial charge in [0.05, 0.1) is 11.7 Å². The molecule has 1 fully saturated rings. The Labute approximate surface area is 117 Å². The topological polar surface area (TPSA) is 23.5 Å². The molecule has 1 aromatic rings. The molecule has 112 valence electrons. The van der Waals surface area contributed by atoms with Crippen LogP contribution in [0.25, 0.3) is 0 Å². The number of hydrogen-bond acceptors (Lipinski definition) is 2. The van der Waals surface area contributed by atoms with Gasteiger partial charge in [0.15, 0.2) is 0 Å². The first kappa shape index (κ1) is 15.3. The number of nitrogens with zero attached hydrogens (tertiary/aromatic N) is 1. The summed E-state index contributed by atoms with van der Waals surface area (Å²) in [7, 11) is 0. The number of benzene rings is 1. The van der Waals surface area contributed by atoms with Crippen molar-refractivity contribution in [2.75, 3.05) is 13.1 Å². The van der Waals surface area contributed by atoms with Gasteiger partial charge in [0.2, 0.25) is 0 Å². The summed E-state index contributed by atoms with van der Waals surface area (Å²) in [6.07, 6.45) is -4.12. The van der Waals surface area contributed by atoms with Crippen LogP contribution in [-0.2, 0) is 12.7 Å². The predicted octanol–water partition coefficient (Wildman–Crippen LogP) is 3.40. The molecule has 5 heteroatoms. The lowest BCUT2D eigenvalue weighted by Gasteiger charge is -2.20. The summed E-state index contributed by atoms with van der Waals surface area (Å²) in [5.74, 6) is 0.0683. The maximum absolute atomic E-state index is 13.2. The fourth-order valence-corrected chi connectivity index (χ4v) is 2.55. The zero-order valence-corrected chi connectivity index (χ0v) is 11.7. The van der Waals surface area contributed by atoms with Crippen LogP contribution in [0, 0.1) is 0 Å². The van der Waals surface area contributed by atoms with Crippen LogP contribution in [0.1, 0.15) is 42.9 Å². The molecule has 1 heterocycles. The second-order valence-corrected chi connectivity index (χ2v) is 5.75. The zero-order chi connectivity index (χ0) is 14.9. The van der Waals surface area contributed by atoms with Crippen LogP contribution in [0.5, 0.6) is 0 Å². The van der Waals surface area contributed by atoms with Crippen molar-refractivity contribution in [2.45, 2.75) is 45.0 Å². The van der Waals surface area contributed by atoms with Gasteiger partial charge < -0.3 is 5.11 Å². The molecule has 0 radical (unpaired) electrons. The molecule has 20 heavy (non-hydrogen) atoms. The number of β-amino-alcohol motifs (C(OH)–C–C–N with tert-alkyl or cyclic N) is 1. The summed E-state index contributed by atoms with van der Waals surface area (Å²) in [6.45, 7) is 5.09. The molecule has 1 N–H and O–H groups in total. The molecule has 2 nitrogen and oxygen atoms in total. The van der Waals surface area contributed by atoms with Crippen molar-refractivity contribution in [1.82, 2.24) is 4.90 Å². The highest BCUT2D eigenvalue weighted by Gasteiger charge is 2.34. The lowest BCUT2D eigenvalue weighted by molar-refractivity contribution is -0.138. The number of hydrogen-bond donors (Lipinski definition) is 1. The summed E-state index contributed by atoms with van der Waals surface area (Å²) in [4.78, 5) is 1.87. The van der Waals surface area contributed by atoms with Gasteiger partial charge in [-0.25, -0.2) is 0 Å². The lowest BCUT2D eigenvalue weighted by atomic mass is 9.96. The van der Waals surface area contributed by atoms with E-state index < -0.39 is 17.8 Å². The first-order chi connectivity index (χ1) is 9.27. The van der Waals surface area contributed by atoms with Crippen LogP contribution >= 0.6 is 0 Å². The molecule has 1 aromatic carbocycles. The highest BCUT2D eigenvalue weighted by atomic mass is 19.4. The predicted molar refractivity (Wildman–Crippen MR) is 71.4 cm³/mol. The Morgan fingerprint density at radius 2 is 2.05 bits per heavy atom. The van der Waals surface area contributed by atoms with Gasteiger partial charge >= 0.3 is 6.18 Å². The quantitative estimate of drug-likeness (QED) is 0.921. The first-order valence-electron chi connectivity index (χ1n) is 6.88. The van der Waals surface area contributed by atoms with Gasteiger partial charge in [-0.3, -0.25) is 4.90 Å². The summed E-state index contributed by atoms with van der Waals surface area (Å²) in [5, 5.41) is 9.46. The van der Waals surface area contributed by atoms with E-state index in [4.69, 9.17) is 0 Å². The molecular formula is C15H20F3NO. The van der Waals surface area contributed by atoms with Crippen molar-refractivity contribution in [3.05, 3.63) is 34.9 Å². The van der Waals surface area contributed by atoms with E-state index in [0.717, 1.165) is 0 Å². The van der Waals surface area contributed by atoms with E-state index in [-0.39, 0.29) is 18.0 Å². The number of aliphatic hydroxyl groups excluding tert-OH is 1. The monoisotopic (exact) mass is 287 g/mol. The Bertz CT molecular complexity index is 471. The third-order valence-electron chi connectivity index (χ3n) is 3.75. The van der Waals surface area contributed by atoms with Crippen LogP contribution in [0.15, 0.2) is 18.2 Å². The van der Waals surface area contributed by atoms with Gasteiger partial charge in [0, 0.05) is 19.6 Å². The van der Waals surface area contributed by atoms with Crippen molar-refractivity contribution < 1.29 is 18.3 Å². The molecule has 2 rings (SSSR count). The summed E-state index contributed by atoms with van der Waals surface area (Å²) < 4.78 is 39.5. The maximum atomic E-state index is 13.2. The van der Waals surface area contributed by atoms with Crippen molar-refractivity contribution in [3.63, 3.8) is 0 Å². The number of aliphatic hydroxyl groups is 1.